The second-order valence-electron chi connectivity index (χ2n) is 7.08. The minimum absolute atomic E-state index is 0.309. The third-order valence-corrected chi connectivity index (χ3v) is 5.09. The summed E-state index contributed by atoms with van der Waals surface area (Å²) < 4.78 is 0. The summed E-state index contributed by atoms with van der Waals surface area (Å²) in [6.45, 7) is 6.12. The Balaban J connectivity index is 1.89. The highest BCUT2D eigenvalue weighted by molar-refractivity contribution is 6.04. The van der Waals surface area contributed by atoms with Crippen LogP contribution in [0.1, 0.15) is 34.3 Å². The Bertz CT molecular complexity index is 1000. The van der Waals surface area contributed by atoms with Crippen LogP contribution < -0.4 is 4.90 Å². The molecule has 0 saturated carbocycles. The largest absolute Gasteiger partial charge is 0.478 e. The SMILES string of the molecule is Cc1cc(C)c2nc(-c3cccc(N4CCCC4)c3)cc(C(=O)O)c2c1. The highest BCUT2D eigenvalue weighted by Gasteiger charge is 2.16. The molecule has 1 fully saturated rings. The van der Waals surface area contributed by atoms with Crippen LogP contribution in [0.2, 0.25) is 0 Å². The number of aromatic carboxylic acids is 1. The van der Waals surface area contributed by atoms with E-state index in [9.17, 15) is 9.90 Å². The Kier molecular flexibility index (Phi) is 4.11. The molecule has 1 aliphatic heterocycles. The van der Waals surface area contributed by atoms with Crippen LogP contribution in [0.5, 0.6) is 0 Å². The van der Waals surface area contributed by atoms with Crippen LogP contribution in [0, 0.1) is 13.8 Å². The van der Waals surface area contributed by atoms with Crippen LogP contribution in [0.25, 0.3) is 22.2 Å². The Labute approximate surface area is 153 Å². The summed E-state index contributed by atoms with van der Waals surface area (Å²) in [7, 11) is 0. The first-order valence-corrected chi connectivity index (χ1v) is 9.03. The number of hydrogen-bond acceptors (Lipinski definition) is 3. The maximum atomic E-state index is 11.9. The number of nitrogens with zero attached hydrogens (tertiary/aromatic N) is 2. The number of pyridine rings is 1. The monoisotopic (exact) mass is 346 g/mol. The lowest BCUT2D eigenvalue weighted by Gasteiger charge is -2.18. The van der Waals surface area contributed by atoms with Gasteiger partial charge in [0, 0.05) is 29.7 Å². The third-order valence-electron chi connectivity index (χ3n) is 5.09. The van der Waals surface area contributed by atoms with Gasteiger partial charge in [-0.05, 0) is 56.5 Å². The van der Waals surface area contributed by atoms with E-state index in [0.717, 1.165) is 35.3 Å². The minimum Gasteiger partial charge on any atom is -0.478 e. The van der Waals surface area contributed by atoms with Gasteiger partial charge in [-0.25, -0.2) is 9.78 Å². The second kappa shape index (κ2) is 6.45. The van der Waals surface area contributed by atoms with Crippen LogP contribution in [-0.2, 0) is 0 Å². The number of carbonyl (C=O) groups is 1. The summed E-state index contributed by atoms with van der Waals surface area (Å²) in [5.74, 6) is -0.917. The van der Waals surface area contributed by atoms with Crippen LogP contribution >= 0.6 is 0 Å². The molecule has 0 bridgehead atoms. The lowest BCUT2D eigenvalue weighted by molar-refractivity contribution is 0.0699. The van der Waals surface area contributed by atoms with Crippen LogP contribution in [0.4, 0.5) is 5.69 Å². The van der Waals surface area contributed by atoms with Gasteiger partial charge in [-0.3, -0.25) is 0 Å². The molecule has 0 amide bonds. The summed E-state index contributed by atoms with van der Waals surface area (Å²) in [6, 6.07) is 13.9. The number of fused-ring (bicyclic) bond motifs is 1. The molecule has 132 valence electrons. The van der Waals surface area contributed by atoms with Gasteiger partial charge in [0.15, 0.2) is 0 Å². The van der Waals surface area contributed by atoms with E-state index in [1.165, 1.54) is 18.5 Å². The molecule has 0 atom stereocenters. The van der Waals surface area contributed by atoms with Crippen molar-refractivity contribution in [3.05, 3.63) is 59.2 Å². The average molecular weight is 346 g/mol. The number of anilines is 1. The zero-order chi connectivity index (χ0) is 18.3. The van der Waals surface area contributed by atoms with Crippen molar-refractivity contribution in [3.63, 3.8) is 0 Å². The van der Waals surface area contributed by atoms with E-state index < -0.39 is 5.97 Å². The fourth-order valence-electron chi connectivity index (χ4n) is 3.84. The highest BCUT2D eigenvalue weighted by atomic mass is 16.4. The predicted octanol–water partition coefficient (Wildman–Crippen LogP) is 4.82. The Morgan fingerprint density at radius 1 is 1.08 bits per heavy atom. The molecule has 2 aromatic carbocycles. The van der Waals surface area contributed by atoms with Crippen molar-refractivity contribution in [2.45, 2.75) is 26.7 Å². The normalized spacial score (nSPS) is 14.2. The number of aromatic nitrogens is 1. The number of benzene rings is 2. The fourth-order valence-corrected chi connectivity index (χ4v) is 3.84. The van der Waals surface area contributed by atoms with Gasteiger partial charge in [0.1, 0.15) is 0 Å². The Morgan fingerprint density at radius 2 is 1.85 bits per heavy atom. The summed E-state index contributed by atoms with van der Waals surface area (Å²) in [4.78, 5) is 19.0. The molecule has 1 N–H and O–H groups in total. The van der Waals surface area contributed by atoms with Gasteiger partial charge in [-0.15, -0.1) is 0 Å². The molecule has 2 heterocycles. The lowest BCUT2D eigenvalue weighted by atomic mass is 9.99. The maximum absolute atomic E-state index is 11.9. The van der Waals surface area contributed by atoms with E-state index in [4.69, 9.17) is 4.98 Å². The average Bonchev–Trinajstić information content (AvgIpc) is 3.15. The molecule has 3 aromatic rings. The zero-order valence-corrected chi connectivity index (χ0v) is 15.1. The summed E-state index contributed by atoms with van der Waals surface area (Å²) in [6.07, 6.45) is 2.44. The summed E-state index contributed by atoms with van der Waals surface area (Å²) in [5.41, 5.74) is 5.96. The number of aryl methyl sites for hydroxylation is 2. The molecule has 1 saturated heterocycles. The first kappa shape index (κ1) is 16.6. The van der Waals surface area contributed by atoms with Crippen molar-refractivity contribution < 1.29 is 9.90 Å². The number of carboxylic acid groups (broad SMARTS) is 1. The van der Waals surface area contributed by atoms with Gasteiger partial charge < -0.3 is 10.0 Å². The van der Waals surface area contributed by atoms with Crippen LogP contribution in [0.3, 0.4) is 0 Å². The molecule has 1 aliphatic rings. The Hall–Kier alpha value is -2.88. The molecule has 4 heteroatoms. The minimum atomic E-state index is -0.917. The molecule has 4 rings (SSSR count). The van der Waals surface area contributed by atoms with E-state index in [2.05, 4.69) is 17.0 Å². The molecule has 0 spiro atoms. The molecule has 1 aromatic heterocycles. The number of rotatable bonds is 3. The van der Waals surface area contributed by atoms with E-state index in [1.54, 1.807) is 6.07 Å². The van der Waals surface area contributed by atoms with E-state index in [0.29, 0.717) is 16.6 Å². The fraction of sp³-hybridized carbons (Fsp3) is 0.273. The van der Waals surface area contributed by atoms with Crippen molar-refractivity contribution in [3.8, 4) is 11.3 Å². The van der Waals surface area contributed by atoms with Gasteiger partial charge in [-0.1, -0.05) is 23.8 Å². The summed E-state index contributed by atoms with van der Waals surface area (Å²) in [5, 5.41) is 10.4. The molecular weight excluding hydrogens is 324 g/mol. The molecule has 4 nitrogen and oxygen atoms in total. The number of carboxylic acids is 1. The van der Waals surface area contributed by atoms with Crippen molar-refractivity contribution in [2.75, 3.05) is 18.0 Å². The molecular formula is C22H22N2O2. The lowest BCUT2D eigenvalue weighted by Crippen LogP contribution is -2.17. The summed E-state index contributed by atoms with van der Waals surface area (Å²) >= 11 is 0. The zero-order valence-electron chi connectivity index (χ0n) is 15.1. The van der Waals surface area contributed by atoms with Gasteiger partial charge >= 0.3 is 5.97 Å². The first-order valence-electron chi connectivity index (χ1n) is 9.03. The highest BCUT2D eigenvalue weighted by Crippen LogP contribution is 2.30. The van der Waals surface area contributed by atoms with Crippen molar-refractivity contribution >= 4 is 22.6 Å². The smallest absolute Gasteiger partial charge is 0.336 e. The topological polar surface area (TPSA) is 53.4 Å². The maximum Gasteiger partial charge on any atom is 0.336 e. The van der Waals surface area contributed by atoms with Gasteiger partial charge in [-0.2, -0.15) is 0 Å². The standard InChI is InChI=1S/C22H22N2O2/c1-14-10-15(2)21-18(11-14)19(22(25)26)13-20(23-21)16-6-5-7-17(12-16)24-8-3-4-9-24/h5-7,10-13H,3-4,8-9H2,1-2H3,(H,25,26). The van der Waals surface area contributed by atoms with E-state index in [1.807, 2.05) is 38.1 Å². The third kappa shape index (κ3) is 2.92. The van der Waals surface area contributed by atoms with Crippen LogP contribution in [-0.4, -0.2) is 29.1 Å². The van der Waals surface area contributed by atoms with Gasteiger partial charge in [0.05, 0.1) is 16.8 Å². The van der Waals surface area contributed by atoms with Crippen molar-refractivity contribution in [1.29, 1.82) is 0 Å². The molecule has 0 aliphatic carbocycles. The Morgan fingerprint density at radius 3 is 2.58 bits per heavy atom. The van der Waals surface area contributed by atoms with E-state index >= 15 is 0 Å². The quantitative estimate of drug-likeness (QED) is 0.739. The van der Waals surface area contributed by atoms with Gasteiger partial charge in [0.2, 0.25) is 0 Å². The second-order valence-corrected chi connectivity index (χ2v) is 7.08. The molecule has 0 radical (unpaired) electrons. The van der Waals surface area contributed by atoms with Crippen molar-refractivity contribution in [2.24, 2.45) is 0 Å². The number of hydrogen-bond donors (Lipinski definition) is 1. The molecule has 0 unspecified atom stereocenters. The van der Waals surface area contributed by atoms with Crippen LogP contribution in [0.15, 0.2) is 42.5 Å². The molecule has 26 heavy (non-hydrogen) atoms. The van der Waals surface area contributed by atoms with E-state index in [-0.39, 0.29) is 0 Å². The van der Waals surface area contributed by atoms with Gasteiger partial charge in [0.25, 0.3) is 0 Å². The predicted molar refractivity (Wildman–Crippen MR) is 105 cm³/mol. The first-order chi connectivity index (χ1) is 12.5. The van der Waals surface area contributed by atoms with Crippen molar-refractivity contribution in [1.82, 2.24) is 4.98 Å².